The maximum Gasteiger partial charge on any atom is 0.123 e. The third-order valence-corrected chi connectivity index (χ3v) is 6.28. The predicted octanol–water partition coefficient (Wildman–Crippen LogP) is 5.49. The number of nitrogens with one attached hydrogen (secondary N) is 4. The summed E-state index contributed by atoms with van der Waals surface area (Å²) in [5.74, 6) is -0.358. The highest BCUT2D eigenvalue weighted by atomic mass is 19.1. The van der Waals surface area contributed by atoms with Crippen molar-refractivity contribution in [2.75, 3.05) is 17.2 Å². The van der Waals surface area contributed by atoms with Gasteiger partial charge in [-0.2, -0.15) is 5.26 Å². The van der Waals surface area contributed by atoms with Gasteiger partial charge in [0.1, 0.15) is 11.9 Å². The summed E-state index contributed by atoms with van der Waals surface area (Å²) in [5, 5.41) is 19.4. The van der Waals surface area contributed by atoms with Gasteiger partial charge in [-0.1, -0.05) is 32.9 Å². The number of hydrogen-bond donors (Lipinski definition) is 4. The predicted molar refractivity (Wildman–Crippen MR) is 141 cm³/mol. The molecule has 8 heteroatoms. The van der Waals surface area contributed by atoms with E-state index in [1.807, 2.05) is 30.3 Å². The van der Waals surface area contributed by atoms with E-state index in [0.717, 1.165) is 35.0 Å². The van der Waals surface area contributed by atoms with Crippen molar-refractivity contribution in [2.45, 2.75) is 52.6 Å². The quantitative estimate of drug-likeness (QED) is 0.351. The van der Waals surface area contributed by atoms with Crippen LogP contribution in [-0.2, 0) is 0 Å². The number of anilines is 2. The van der Waals surface area contributed by atoms with Crippen LogP contribution in [0.5, 0.6) is 0 Å². The molecular formula is C28H32FN7. The zero-order chi connectivity index (χ0) is 26.4. The number of fused-ring (bicyclic) bond motifs is 1. The monoisotopic (exact) mass is 486 g/mol. The molecule has 0 bridgehead atoms. The molecule has 1 unspecified atom stereocenters. The maximum atomic E-state index is 13.8. The van der Waals surface area contributed by atoms with Gasteiger partial charge < -0.3 is 16.1 Å². The van der Waals surface area contributed by atoms with E-state index in [1.54, 1.807) is 18.3 Å². The third-order valence-electron chi connectivity index (χ3n) is 6.28. The average Bonchev–Trinajstić information content (AvgIpc) is 3.58. The van der Waals surface area contributed by atoms with Gasteiger partial charge in [-0.15, -0.1) is 5.53 Å². The normalized spacial score (nSPS) is 17.6. The Bertz CT molecular complexity index is 1400. The Balaban J connectivity index is 1.60. The van der Waals surface area contributed by atoms with E-state index in [4.69, 9.17) is 0 Å². The van der Waals surface area contributed by atoms with Gasteiger partial charge in [-0.3, -0.25) is 9.99 Å². The van der Waals surface area contributed by atoms with Crippen LogP contribution in [0.2, 0.25) is 0 Å². The molecular weight excluding hydrogens is 453 g/mol. The van der Waals surface area contributed by atoms with Crippen molar-refractivity contribution >= 4 is 22.3 Å². The van der Waals surface area contributed by atoms with Crippen molar-refractivity contribution in [3.05, 3.63) is 77.0 Å². The molecule has 36 heavy (non-hydrogen) atoms. The van der Waals surface area contributed by atoms with Gasteiger partial charge in [0.2, 0.25) is 0 Å². The van der Waals surface area contributed by atoms with Crippen molar-refractivity contribution in [3.8, 4) is 6.07 Å². The number of nitrogens with zero attached hydrogens (tertiary/aromatic N) is 3. The zero-order valence-corrected chi connectivity index (χ0v) is 21.0. The van der Waals surface area contributed by atoms with E-state index in [0.29, 0.717) is 35.1 Å². The number of hydrogen-bond acceptors (Lipinski definition) is 7. The van der Waals surface area contributed by atoms with Crippen LogP contribution in [-0.4, -0.2) is 22.6 Å². The van der Waals surface area contributed by atoms with Crippen LogP contribution in [0, 0.1) is 29.5 Å². The summed E-state index contributed by atoms with van der Waals surface area (Å²) in [4.78, 5) is 4.56. The van der Waals surface area contributed by atoms with Crippen LogP contribution in [0.15, 0.2) is 54.5 Å². The molecule has 7 nitrogen and oxygen atoms in total. The highest BCUT2D eigenvalue weighted by Crippen LogP contribution is 2.35. The molecule has 5 rings (SSSR count). The first-order chi connectivity index (χ1) is 17.6. The summed E-state index contributed by atoms with van der Waals surface area (Å²) in [5.41, 5.74) is 11.1. The number of aryl methyl sites for hydroxylation is 1. The summed E-state index contributed by atoms with van der Waals surface area (Å²) in [6.45, 7) is 9.03. The topological polar surface area (TPSA) is 88.0 Å². The minimum absolute atomic E-state index is 0.00713. The summed E-state index contributed by atoms with van der Waals surface area (Å²) >= 11 is 0. The lowest BCUT2D eigenvalue weighted by Gasteiger charge is -2.24. The zero-order valence-electron chi connectivity index (χ0n) is 22.0. The van der Waals surface area contributed by atoms with Gasteiger partial charge in [0, 0.05) is 36.1 Å². The number of hydrazine groups is 2. The second kappa shape index (κ2) is 9.32. The summed E-state index contributed by atoms with van der Waals surface area (Å²) in [7, 11) is 0. The molecule has 1 aliphatic carbocycles. The van der Waals surface area contributed by atoms with Crippen LogP contribution in [0.4, 0.5) is 15.8 Å². The van der Waals surface area contributed by atoms with Crippen LogP contribution in [0.3, 0.4) is 0 Å². The fraction of sp³-hybridized carbons (Fsp3) is 0.357. The molecule has 2 aliphatic rings. The SMILES string of the molecule is [2H]C(Nc1cc(C)c2ncc(C#N)c(NCC(C)(C)C)c2c1)(C1=CN(C2CC2)NN1)c1ccc(F)cc1. The van der Waals surface area contributed by atoms with E-state index < -0.39 is 6.02 Å². The molecule has 1 aromatic heterocycles. The van der Waals surface area contributed by atoms with Crippen LogP contribution in [0.25, 0.3) is 10.9 Å². The lowest BCUT2D eigenvalue weighted by Crippen LogP contribution is -2.38. The van der Waals surface area contributed by atoms with Gasteiger partial charge in [-0.05, 0) is 60.6 Å². The van der Waals surface area contributed by atoms with Crippen molar-refractivity contribution in [1.82, 2.24) is 21.0 Å². The van der Waals surface area contributed by atoms with Crippen LogP contribution < -0.4 is 21.6 Å². The van der Waals surface area contributed by atoms with Gasteiger partial charge in [0.15, 0.2) is 0 Å². The van der Waals surface area contributed by atoms with Crippen molar-refractivity contribution < 1.29 is 5.76 Å². The first kappa shape index (κ1) is 22.6. The van der Waals surface area contributed by atoms with E-state index in [1.165, 1.54) is 12.1 Å². The fourth-order valence-electron chi connectivity index (χ4n) is 4.24. The number of pyridine rings is 1. The Morgan fingerprint density at radius 3 is 2.69 bits per heavy atom. The second-order valence-corrected chi connectivity index (χ2v) is 10.7. The Labute approximate surface area is 212 Å². The Morgan fingerprint density at radius 2 is 2.03 bits per heavy atom. The molecule has 4 N–H and O–H groups in total. The summed E-state index contributed by atoms with van der Waals surface area (Å²) < 4.78 is 23.4. The summed E-state index contributed by atoms with van der Waals surface area (Å²) in [6, 6.07) is 11.1. The number of benzene rings is 2. The Kier molecular flexibility index (Phi) is 5.86. The fourth-order valence-corrected chi connectivity index (χ4v) is 4.24. The minimum Gasteiger partial charge on any atom is -0.383 e. The van der Waals surface area contributed by atoms with Gasteiger partial charge in [0.25, 0.3) is 0 Å². The van der Waals surface area contributed by atoms with Gasteiger partial charge >= 0.3 is 0 Å². The Morgan fingerprint density at radius 1 is 1.28 bits per heavy atom. The number of aromatic nitrogens is 1. The smallest absolute Gasteiger partial charge is 0.123 e. The second-order valence-electron chi connectivity index (χ2n) is 10.7. The number of nitriles is 1. The molecule has 2 aromatic carbocycles. The number of rotatable bonds is 7. The van der Waals surface area contributed by atoms with Crippen molar-refractivity contribution in [2.24, 2.45) is 5.41 Å². The molecule has 1 atom stereocenters. The van der Waals surface area contributed by atoms with E-state index in [9.17, 15) is 11.0 Å². The Hall–Kier alpha value is -3.83. The van der Waals surface area contributed by atoms with Crippen LogP contribution >= 0.6 is 0 Å². The molecule has 2 heterocycles. The third kappa shape index (κ3) is 5.07. The van der Waals surface area contributed by atoms with Crippen LogP contribution in [0.1, 0.15) is 57.7 Å². The molecule has 0 radical (unpaired) electrons. The minimum atomic E-state index is -1.44. The van der Waals surface area contributed by atoms with Gasteiger partial charge in [-0.25, -0.2) is 4.39 Å². The average molecular weight is 487 g/mol. The standard InChI is InChI=1S/C28H32FN7/c1-17-11-21(12-23-25(17)31-14-19(13-30)26(23)32-16-28(2,3)4)33-27(18-5-7-20(29)8-6-18)24-15-36(35-34-24)22-9-10-22/h5-8,11-12,14-15,22,27,33-35H,9-10,16H2,1-4H3,(H,31,32)/i27D. The molecule has 1 saturated carbocycles. The van der Waals surface area contributed by atoms with Crippen molar-refractivity contribution in [3.63, 3.8) is 0 Å². The lowest BCUT2D eigenvalue weighted by molar-refractivity contribution is 0.260. The molecule has 0 spiro atoms. The van der Waals surface area contributed by atoms with E-state index in [2.05, 4.69) is 53.4 Å². The molecule has 0 amide bonds. The van der Waals surface area contributed by atoms with Gasteiger partial charge in [0.05, 0.1) is 29.9 Å². The first-order valence-electron chi connectivity index (χ1n) is 12.7. The number of halogens is 1. The lowest BCUT2D eigenvalue weighted by atomic mass is 9.96. The van der Waals surface area contributed by atoms with E-state index >= 15 is 0 Å². The summed E-state index contributed by atoms with van der Waals surface area (Å²) in [6.07, 6.45) is 5.69. The first-order valence-corrected chi connectivity index (χ1v) is 12.2. The maximum absolute atomic E-state index is 13.8. The molecule has 186 valence electrons. The molecule has 3 aromatic rings. The van der Waals surface area contributed by atoms with E-state index in [-0.39, 0.29) is 11.2 Å². The molecule has 0 saturated heterocycles. The van der Waals surface area contributed by atoms with Crippen molar-refractivity contribution in [1.29, 1.82) is 5.26 Å². The highest BCUT2D eigenvalue weighted by Gasteiger charge is 2.32. The highest BCUT2D eigenvalue weighted by molar-refractivity contribution is 5.97. The largest absolute Gasteiger partial charge is 0.383 e. The molecule has 1 fully saturated rings. The molecule has 1 aliphatic heterocycles.